The van der Waals surface area contributed by atoms with Gasteiger partial charge < -0.3 is 10.6 Å². The molecule has 0 heterocycles. The van der Waals surface area contributed by atoms with E-state index in [0.717, 1.165) is 13.1 Å². The van der Waals surface area contributed by atoms with Gasteiger partial charge in [0.1, 0.15) is 0 Å². The summed E-state index contributed by atoms with van der Waals surface area (Å²) < 4.78 is 0. The van der Waals surface area contributed by atoms with E-state index in [0.29, 0.717) is 17.1 Å². The van der Waals surface area contributed by atoms with E-state index in [1.165, 1.54) is 0 Å². The maximum absolute atomic E-state index is 11.6. The third-order valence-corrected chi connectivity index (χ3v) is 2.16. The van der Waals surface area contributed by atoms with Crippen LogP contribution in [0, 0.1) is 0 Å². The number of carbonyl (C=O) groups excluding carboxylic acids is 1. The van der Waals surface area contributed by atoms with Crippen molar-refractivity contribution in [3.8, 4) is 0 Å². The first-order chi connectivity index (χ1) is 7.24. The van der Waals surface area contributed by atoms with Gasteiger partial charge in [0, 0.05) is 23.7 Å². The van der Waals surface area contributed by atoms with Gasteiger partial charge in [-0.15, -0.1) is 0 Å². The fourth-order valence-corrected chi connectivity index (χ4v) is 1.36. The molecule has 1 aromatic rings. The summed E-state index contributed by atoms with van der Waals surface area (Å²) in [4.78, 5) is 11.6. The van der Waals surface area contributed by atoms with E-state index >= 15 is 0 Å². The zero-order valence-electron chi connectivity index (χ0n) is 8.72. The number of rotatable bonds is 5. The van der Waals surface area contributed by atoms with E-state index in [4.69, 9.17) is 11.6 Å². The molecule has 0 fully saturated rings. The van der Waals surface area contributed by atoms with Crippen molar-refractivity contribution in [3.05, 3.63) is 34.9 Å². The Morgan fingerprint density at radius 1 is 1.40 bits per heavy atom. The van der Waals surface area contributed by atoms with Crippen LogP contribution in [0.25, 0.3) is 0 Å². The van der Waals surface area contributed by atoms with Gasteiger partial charge >= 0.3 is 0 Å². The van der Waals surface area contributed by atoms with Crippen molar-refractivity contribution in [2.75, 3.05) is 19.6 Å². The van der Waals surface area contributed by atoms with Crippen LogP contribution in [0.3, 0.4) is 0 Å². The molecule has 1 amide bonds. The number of nitrogens with one attached hydrogen (secondary N) is 2. The zero-order valence-corrected chi connectivity index (χ0v) is 9.47. The fourth-order valence-electron chi connectivity index (χ4n) is 1.17. The lowest BCUT2D eigenvalue weighted by atomic mass is 10.2. The number of hydrogen-bond acceptors (Lipinski definition) is 2. The second kappa shape index (κ2) is 6.43. The number of hydrogen-bond donors (Lipinski definition) is 2. The lowest BCUT2D eigenvalue weighted by Gasteiger charge is -2.05. The lowest BCUT2D eigenvalue weighted by Crippen LogP contribution is -2.31. The van der Waals surface area contributed by atoms with Crippen molar-refractivity contribution in [1.82, 2.24) is 10.6 Å². The Hall–Kier alpha value is -1.06. The Morgan fingerprint density at radius 3 is 2.87 bits per heavy atom. The Kier molecular flexibility index (Phi) is 5.15. The number of amides is 1. The molecule has 0 aliphatic carbocycles. The van der Waals surface area contributed by atoms with Gasteiger partial charge in [-0.3, -0.25) is 4.79 Å². The summed E-state index contributed by atoms with van der Waals surface area (Å²) in [6, 6.07) is 6.91. The summed E-state index contributed by atoms with van der Waals surface area (Å²) in [5.74, 6) is -0.0876. The molecule has 0 saturated heterocycles. The summed E-state index contributed by atoms with van der Waals surface area (Å²) in [5, 5.41) is 6.50. The molecule has 0 aliphatic heterocycles. The molecular formula is C11H15ClN2O. The van der Waals surface area contributed by atoms with E-state index < -0.39 is 0 Å². The number of carbonyl (C=O) groups is 1. The van der Waals surface area contributed by atoms with Gasteiger partial charge in [-0.1, -0.05) is 24.6 Å². The first-order valence-electron chi connectivity index (χ1n) is 4.98. The van der Waals surface area contributed by atoms with Gasteiger partial charge in [0.25, 0.3) is 5.91 Å². The highest BCUT2D eigenvalue weighted by Gasteiger charge is 2.03. The largest absolute Gasteiger partial charge is 0.351 e. The second-order valence-corrected chi connectivity index (χ2v) is 3.56. The maximum Gasteiger partial charge on any atom is 0.251 e. The molecule has 0 spiro atoms. The third kappa shape index (κ3) is 4.32. The Labute approximate surface area is 94.8 Å². The number of likely N-dealkylation sites (N-methyl/N-ethyl adjacent to an activating group) is 1. The molecule has 1 aromatic carbocycles. The highest BCUT2D eigenvalue weighted by atomic mass is 35.5. The SMILES string of the molecule is CCNCCNC(=O)c1cccc(Cl)c1. The van der Waals surface area contributed by atoms with Gasteiger partial charge in [-0.05, 0) is 24.7 Å². The summed E-state index contributed by atoms with van der Waals surface area (Å²) in [5.41, 5.74) is 0.596. The average Bonchev–Trinajstić information content (AvgIpc) is 2.24. The molecule has 0 saturated carbocycles. The van der Waals surface area contributed by atoms with Crippen LogP contribution >= 0.6 is 11.6 Å². The van der Waals surface area contributed by atoms with Crippen molar-refractivity contribution < 1.29 is 4.79 Å². The molecule has 0 unspecified atom stereocenters. The normalized spacial score (nSPS) is 10.0. The average molecular weight is 227 g/mol. The molecule has 1 rings (SSSR count). The van der Waals surface area contributed by atoms with Crippen molar-refractivity contribution in [2.24, 2.45) is 0 Å². The Bertz CT molecular complexity index is 328. The minimum atomic E-state index is -0.0876. The highest BCUT2D eigenvalue weighted by Crippen LogP contribution is 2.10. The summed E-state index contributed by atoms with van der Waals surface area (Å²) >= 11 is 5.78. The summed E-state index contributed by atoms with van der Waals surface area (Å²) in [6.45, 7) is 4.34. The topological polar surface area (TPSA) is 41.1 Å². The minimum absolute atomic E-state index is 0.0876. The quantitative estimate of drug-likeness (QED) is 0.751. The van der Waals surface area contributed by atoms with Crippen LogP contribution in [0.4, 0.5) is 0 Å². The zero-order chi connectivity index (χ0) is 11.1. The van der Waals surface area contributed by atoms with Gasteiger partial charge in [0.05, 0.1) is 0 Å². The lowest BCUT2D eigenvalue weighted by molar-refractivity contribution is 0.0954. The van der Waals surface area contributed by atoms with E-state index in [2.05, 4.69) is 10.6 Å². The van der Waals surface area contributed by atoms with Crippen LogP contribution < -0.4 is 10.6 Å². The smallest absolute Gasteiger partial charge is 0.251 e. The standard InChI is InChI=1S/C11H15ClN2O/c1-2-13-6-7-14-11(15)9-4-3-5-10(12)8-9/h3-5,8,13H,2,6-7H2,1H3,(H,14,15). The van der Waals surface area contributed by atoms with Crippen molar-refractivity contribution >= 4 is 17.5 Å². The molecule has 2 N–H and O–H groups in total. The summed E-state index contributed by atoms with van der Waals surface area (Å²) in [6.07, 6.45) is 0. The van der Waals surface area contributed by atoms with Crippen LogP contribution in [-0.4, -0.2) is 25.5 Å². The van der Waals surface area contributed by atoms with Crippen LogP contribution in [0.15, 0.2) is 24.3 Å². The third-order valence-electron chi connectivity index (χ3n) is 1.92. The maximum atomic E-state index is 11.6. The fraction of sp³-hybridized carbons (Fsp3) is 0.364. The molecule has 0 bridgehead atoms. The van der Waals surface area contributed by atoms with E-state index in [1.807, 2.05) is 6.92 Å². The van der Waals surface area contributed by atoms with E-state index in [1.54, 1.807) is 24.3 Å². The number of benzene rings is 1. The number of halogens is 1. The van der Waals surface area contributed by atoms with Gasteiger partial charge in [-0.25, -0.2) is 0 Å². The molecule has 4 heteroatoms. The first-order valence-corrected chi connectivity index (χ1v) is 5.36. The van der Waals surface area contributed by atoms with Crippen molar-refractivity contribution in [2.45, 2.75) is 6.92 Å². The van der Waals surface area contributed by atoms with Crippen LogP contribution in [0.2, 0.25) is 5.02 Å². The molecule has 0 atom stereocenters. The Balaban J connectivity index is 2.40. The predicted molar refractivity (Wildman–Crippen MR) is 62.3 cm³/mol. The molecule has 3 nitrogen and oxygen atoms in total. The highest BCUT2D eigenvalue weighted by molar-refractivity contribution is 6.30. The van der Waals surface area contributed by atoms with Crippen LogP contribution in [0.1, 0.15) is 17.3 Å². The molecular weight excluding hydrogens is 212 g/mol. The monoisotopic (exact) mass is 226 g/mol. The molecule has 0 radical (unpaired) electrons. The molecule has 0 aliphatic rings. The van der Waals surface area contributed by atoms with Gasteiger partial charge in [0.2, 0.25) is 0 Å². The second-order valence-electron chi connectivity index (χ2n) is 3.12. The van der Waals surface area contributed by atoms with Gasteiger partial charge in [0.15, 0.2) is 0 Å². The van der Waals surface area contributed by atoms with Gasteiger partial charge in [-0.2, -0.15) is 0 Å². The minimum Gasteiger partial charge on any atom is -0.351 e. The summed E-state index contributed by atoms with van der Waals surface area (Å²) in [7, 11) is 0. The van der Waals surface area contributed by atoms with Crippen LogP contribution in [0.5, 0.6) is 0 Å². The van der Waals surface area contributed by atoms with Crippen molar-refractivity contribution in [3.63, 3.8) is 0 Å². The Morgan fingerprint density at radius 2 is 2.20 bits per heavy atom. The molecule has 15 heavy (non-hydrogen) atoms. The van der Waals surface area contributed by atoms with E-state index in [-0.39, 0.29) is 5.91 Å². The van der Waals surface area contributed by atoms with E-state index in [9.17, 15) is 4.79 Å². The first kappa shape index (κ1) is 12.0. The van der Waals surface area contributed by atoms with Crippen molar-refractivity contribution in [1.29, 1.82) is 0 Å². The molecule has 82 valence electrons. The van der Waals surface area contributed by atoms with Crippen LogP contribution in [-0.2, 0) is 0 Å². The molecule has 0 aromatic heterocycles. The predicted octanol–water partition coefficient (Wildman–Crippen LogP) is 1.68.